The molecule has 5 nitrogen and oxygen atoms in total. The Bertz CT molecular complexity index is 936. The second-order valence-electron chi connectivity index (χ2n) is 7.26. The summed E-state index contributed by atoms with van der Waals surface area (Å²) in [4.78, 5) is 11.5. The Hall–Kier alpha value is -2.18. The first-order valence-corrected chi connectivity index (χ1v) is 11.4. The van der Waals surface area contributed by atoms with Crippen molar-refractivity contribution in [3.8, 4) is 0 Å². The van der Waals surface area contributed by atoms with Gasteiger partial charge in [-0.15, -0.1) is 0 Å². The van der Waals surface area contributed by atoms with Crippen LogP contribution in [0.15, 0.2) is 42.5 Å². The van der Waals surface area contributed by atoms with Crippen LogP contribution in [0.5, 0.6) is 0 Å². The first-order chi connectivity index (χ1) is 13.4. The Morgan fingerprint density at radius 3 is 2.39 bits per heavy atom. The fourth-order valence-electron chi connectivity index (χ4n) is 3.69. The number of ether oxygens (including phenoxy) is 1. The monoisotopic (exact) mass is 401 g/mol. The fourth-order valence-corrected chi connectivity index (χ4v) is 5.14. The van der Waals surface area contributed by atoms with Gasteiger partial charge in [0, 0.05) is 6.04 Å². The molecule has 0 aliphatic heterocycles. The number of sulfonamides is 1. The van der Waals surface area contributed by atoms with Crippen molar-refractivity contribution >= 4 is 16.0 Å². The predicted octanol–water partition coefficient (Wildman–Crippen LogP) is 3.92. The van der Waals surface area contributed by atoms with Gasteiger partial charge in [0.1, 0.15) is 0 Å². The van der Waals surface area contributed by atoms with E-state index < -0.39 is 16.0 Å². The Kier molecular flexibility index (Phi) is 6.52. The van der Waals surface area contributed by atoms with Crippen LogP contribution >= 0.6 is 0 Å². The largest absolute Gasteiger partial charge is 0.465 e. The van der Waals surface area contributed by atoms with Crippen molar-refractivity contribution in [3.05, 3.63) is 70.3 Å². The number of hydrogen-bond acceptors (Lipinski definition) is 4. The fraction of sp³-hybridized carbons (Fsp3) is 0.409. The zero-order valence-electron chi connectivity index (χ0n) is 16.4. The van der Waals surface area contributed by atoms with E-state index in [2.05, 4.69) is 21.6 Å². The summed E-state index contributed by atoms with van der Waals surface area (Å²) >= 11 is 0. The third kappa shape index (κ3) is 5.00. The SMILES string of the molecule is CCC(NS(=O)(=O)Cc1ccc(C(=O)OC)cc1)c1ccc2c(c1)CCCC2. The number of fused-ring (bicyclic) bond motifs is 1. The normalized spacial score (nSPS) is 14.9. The predicted molar refractivity (Wildman–Crippen MR) is 110 cm³/mol. The molecule has 0 saturated heterocycles. The van der Waals surface area contributed by atoms with E-state index in [0.29, 0.717) is 17.5 Å². The molecule has 1 N–H and O–H groups in total. The van der Waals surface area contributed by atoms with Crippen molar-refractivity contribution in [3.63, 3.8) is 0 Å². The number of carbonyl (C=O) groups excluding carboxylic acids is 1. The lowest BCUT2D eigenvalue weighted by Gasteiger charge is -2.21. The first-order valence-electron chi connectivity index (χ1n) is 9.71. The molecule has 28 heavy (non-hydrogen) atoms. The first kappa shape index (κ1) is 20.6. The van der Waals surface area contributed by atoms with Crippen LogP contribution in [-0.4, -0.2) is 21.5 Å². The van der Waals surface area contributed by atoms with Crippen molar-refractivity contribution in [2.45, 2.75) is 50.8 Å². The van der Waals surface area contributed by atoms with Gasteiger partial charge in [-0.3, -0.25) is 0 Å². The summed E-state index contributed by atoms with van der Waals surface area (Å²) in [7, 11) is -2.20. The highest BCUT2D eigenvalue weighted by Crippen LogP contribution is 2.26. The lowest BCUT2D eigenvalue weighted by Crippen LogP contribution is -2.29. The number of nitrogens with one attached hydrogen (secondary N) is 1. The number of aryl methyl sites for hydroxylation is 2. The van der Waals surface area contributed by atoms with E-state index in [4.69, 9.17) is 0 Å². The molecule has 1 atom stereocenters. The topological polar surface area (TPSA) is 72.5 Å². The van der Waals surface area contributed by atoms with Gasteiger partial charge in [0.25, 0.3) is 0 Å². The van der Waals surface area contributed by atoms with Crippen molar-refractivity contribution in [2.75, 3.05) is 7.11 Å². The third-order valence-corrected chi connectivity index (χ3v) is 6.59. The number of carbonyl (C=O) groups is 1. The molecule has 150 valence electrons. The molecule has 0 amide bonds. The minimum absolute atomic E-state index is 0.129. The Morgan fingerprint density at radius 1 is 1.07 bits per heavy atom. The molecule has 1 aliphatic rings. The van der Waals surface area contributed by atoms with Gasteiger partial charge < -0.3 is 4.74 Å². The molecule has 1 unspecified atom stereocenters. The van der Waals surface area contributed by atoms with E-state index in [1.165, 1.54) is 31.1 Å². The number of esters is 1. The smallest absolute Gasteiger partial charge is 0.337 e. The molecule has 0 fully saturated rings. The van der Waals surface area contributed by atoms with Crippen LogP contribution in [0.25, 0.3) is 0 Å². The van der Waals surface area contributed by atoms with Gasteiger partial charge in [-0.05, 0) is 66.5 Å². The van der Waals surface area contributed by atoms with E-state index >= 15 is 0 Å². The maximum absolute atomic E-state index is 12.7. The lowest BCUT2D eigenvalue weighted by atomic mass is 9.89. The van der Waals surface area contributed by atoms with Gasteiger partial charge in [-0.2, -0.15) is 0 Å². The van der Waals surface area contributed by atoms with Crippen LogP contribution in [-0.2, 0) is 33.4 Å². The molecule has 2 aromatic carbocycles. The number of benzene rings is 2. The average Bonchev–Trinajstić information content (AvgIpc) is 2.71. The summed E-state index contributed by atoms with van der Waals surface area (Å²) in [6, 6.07) is 12.6. The van der Waals surface area contributed by atoms with Crippen LogP contribution in [0.2, 0.25) is 0 Å². The van der Waals surface area contributed by atoms with Crippen LogP contribution in [0, 0.1) is 0 Å². The van der Waals surface area contributed by atoms with Crippen molar-refractivity contribution < 1.29 is 17.9 Å². The van der Waals surface area contributed by atoms with Gasteiger partial charge in [0.2, 0.25) is 10.0 Å². The van der Waals surface area contributed by atoms with E-state index in [-0.39, 0.29) is 11.8 Å². The standard InChI is InChI=1S/C22H27NO4S/c1-3-21(20-13-12-17-6-4-5-7-19(17)14-20)23-28(25,26)15-16-8-10-18(11-9-16)22(24)27-2/h8-14,21,23H,3-7,15H2,1-2H3. The molecule has 1 aliphatic carbocycles. The van der Waals surface area contributed by atoms with Crippen LogP contribution in [0.4, 0.5) is 0 Å². The van der Waals surface area contributed by atoms with Crippen molar-refractivity contribution in [1.82, 2.24) is 4.72 Å². The molecule has 3 rings (SSSR count). The maximum Gasteiger partial charge on any atom is 0.337 e. The van der Waals surface area contributed by atoms with Gasteiger partial charge in [0.05, 0.1) is 18.4 Å². The molecule has 0 aromatic heterocycles. The molecular weight excluding hydrogens is 374 g/mol. The molecule has 6 heteroatoms. The van der Waals surface area contributed by atoms with Crippen molar-refractivity contribution in [1.29, 1.82) is 0 Å². The molecule has 0 saturated carbocycles. The zero-order chi connectivity index (χ0) is 20.1. The van der Waals surface area contributed by atoms with Crippen LogP contribution in [0.3, 0.4) is 0 Å². The molecule has 0 spiro atoms. The summed E-state index contributed by atoms with van der Waals surface area (Å²) < 4.78 is 32.9. The van der Waals surface area contributed by atoms with E-state index in [1.807, 2.05) is 13.0 Å². The second kappa shape index (κ2) is 8.88. The summed E-state index contributed by atoms with van der Waals surface area (Å²) in [5.74, 6) is -0.568. The van der Waals surface area contributed by atoms with E-state index in [1.54, 1.807) is 24.3 Å². The summed E-state index contributed by atoms with van der Waals surface area (Å²) in [5, 5.41) is 0. The van der Waals surface area contributed by atoms with Crippen LogP contribution in [0.1, 0.15) is 64.8 Å². The lowest BCUT2D eigenvalue weighted by molar-refractivity contribution is 0.0600. The highest BCUT2D eigenvalue weighted by Gasteiger charge is 2.20. The van der Waals surface area contributed by atoms with Gasteiger partial charge in [-0.1, -0.05) is 37.3 Å². The number of rotatable bonds is 7. The van der Waals surface area contributed by atoms with Gasteiger partial charge in [-0.25, -0.2) is 17.9 Å². The minimum Gasteiger partial charge on any atom is -0.465 e. The Balaban J connectivity index is 1.72. The zero-order valence-corrected chi connectivity index (χ0v) is 17.2. The van der Waals surface area contributed by atoms with E-state index in [9.17, 15) is 13.2 Å². The molecule has 0 radical (unpaired) electrons. The minimum atomic E-state index is -3.52. The molecule has 2 aromatic rings. The molecule has 0 heterocycles. The average molecular weight is 402 g/mol. The number of methoxy groups -OCH3 is 1. The second-order valence-corrected chi connectivity index (χ2v) is 9.02. The summed E-state index contributed by atoms with van der Waals surface area (Å²) in [5.41, 5.74) is 4.78. The maximum atomic E-state index is 12.7. The molecular formula is C22H27NO4S. The van der Waals surface area contributed by atoms with Gasteiger partial charge in [0.15, 0.2) is 0 Å². The Morgan fingerprint density at radius 2 is 1.75 bits per heavy atom. The van der Waals surface area contributed by atoms with Gasteiger partial charge >= 0.3 is 5.97 Å². The van der Waals surface area contributed by atoms with Crippen LogP contribution < -0.4 is 4.72 Å². The quantitative estimate of drug-likeness (QED) is 0.714. The highest BCUT2D eigenvalue weighted by atomic mass is 32.2. The van der Waals surface area contributed by atoms with Crippen molar-refractivity contribution in [2.24, 2.45) is 0 Å². The van der Waals surface area contributed by atoms with E-state index in [0.717, 1.165) is 18.4 Å². The third-order valence-electron chi connectivity index (χ3n) is 5.24. The Labute approximate surface area is 167 Å². The molecule has 0 bridgehead atoms. The summed E-state index contributed by atoms with van der Waals surface area (Å²) in [6.45, 7) is 1.98. The number of hydrogen-bond donors (Lipinski definition) is 1. The summed E-state index contributed by atoms with van der Waals surface area (Å²) in [6.07, 6.45) is 5.28. The highest BCUT2D eigenvalue weighted by molar-refractivity contribution is 7.88.